The van der Waals surface area contributed by atoms with E-state index in [4.69, 9.17) is 9.97 Å². The number of nitrogens with zero attached hydrogens (tertiary/aromatic N) is 4. The Kier molecular flexibility index (Phi) is 6.83. The third-order valence-corrected chi connectivity index (χ3v) is 9.88. The van der Waals surface area contributed by atoms with Crippen molar-refractivity contribution in [3.63, 3.8) is 0 Å². The van der Waals surface area contributed by atoms with Crippen LogP contribution in [0.5, 0.6) is 0 Å². The maximum Gasteiger partial charge on any atom is 0.162 e. The molecule has 0 unspecified atom stereocenters. The molecule has 0 saturated heterocycles. The van der Waals surface area contributed by atoms with Crippen LogP contribution in [0.25, 0.3) is 88.9 Å². The van der Waals surface area contributed by atoms with Crippen LogP contribution in [0, 0.1) is 11.6 Å². The highest BCUT2D eigenvalue weighted by Crippen LogP contribution is 2.38. The summed E-state index contributed by atoms with van der Waals surface area (Å²) < 4.78 is 32.4. The number of fused-ring (bicyclic) bond motifs is 6. The van der Waals surface area contributed by atoms with E-state index in [1.807, 2.05) is 24.3 Å². The van der Waals surface area contributed by atoms with Gasteiger partial charge < -0.3 is 4.57 Å². The number of aromatic nitrogens is 4. The van der Waals surface area contributed by atoms with Crippen molar-refractivity contribution < 1.29 is 8.78 Å². The van der Waals surface area contributed by atoms with Crippen LogP contribution in [0.3, 0.4) is 0 Å². The molecular formula is C46H28F2N4. The topological polar surface area (TPSA) is 35.6 Å². The molecule has 6 heteroatoms. The van der Waals surface area contributed by atoms with Gasteiger partial charge in [-0.05, 0) is 102 Å². The molecule has 0 saturated carbocycles. The fourth-order valence-corrected chi connectivity index (χ4v) is 7.45. The van der Waals surface area contributed by atoms with E-state index in [9.17, 15) is 8.78 Å². The van der Waals surface area contributed by atoms with Crippen LogP contribution < -0.4 is 0 Å². The fraction of sp³-hybridized carbons (Fsp3) is 0. The fourth-order valence-electron chi connectivity index (χ4n) is 7.45. The average molecular weight is 675 g/mol. The van der Waals surface area contributed by atoms with Crippen molar-refractivity contribution in [1.82, 2.24) is 19.1 Å². The zero-order chi connectivity index (χ0) is 34.8. The van der Waals surface area contributed by atoms with Gasteiger partial charge in [0.05, 0.1) is 27.8 Å². The number of para-hydroxylation sites is 3. The Morgan fingerprint density at radius 3 is 1.63 bits per heavy atom. The molecule has 246 valence electrons. The molecular weight excluding hydrogens is 647 g/mol. The third kappa shape index (κ3) is 4.88. The Bertz CT molecular complexity index is 2900. The monoisotopic (exact) mass is 674 g/mol. The molecule has 0 spiro atoms. The number of hydrogen-bond donors (Lipinski definition) is 0. The van der Waals surface area contributed by atoms with Crippen molar-refractivity contribution in [2.45, 2.75) is 0 Å². The lowest BCUT2D eigenvalue weighted by molar-refractivity contribution is 0.627. The summed E-state index contributed by atoms with van der Waals surface area (Å²) in [5, 5.41) is 4.56. The molecule has 0 aliphatic carbocycles. The number of rotatable bonds is 5. The standard InChI is InChI=1S/C46H28F2N4/c47-33-20-14-29(15-21-33)40-28-45(50-46(49-40)30-16-22-34(48)23-17-30)52-42-13-7-4-10-36(42)38-24-18-32(27-44(38)52)31-19-25-43-39(26-31)37-11-5-6-12-41(37)51(43)35-8-2-1-3-9-35/h1-28H. The van der Waals surface area contributed by atoms with Crippen LogP contribution in [0.2, 0.25) is 0 Å². The van der Waals surface area contributed by atoms with Gasteiger partial charge in [-0.3, -0.25) is 4.57 Å². The normalized spacial score (nSPS) is 11.7. The van der Waals surface area contributed by atoms with Crippen LogP contribution >= 0.6 is 0 Å². The van der Waals surface area contributed by atoms with Gasteiger partial charge in [-0.1, -0.05) is 72.8 Å². The van der Waals surface area contributed by atoms with Crippen molar-refractivity contribution in [3.8, 4) is 45.3 Å². The van der Waals surface area contributed by atoms with E-state index in [1.165, 1.54) is 35.0 Å². The van der Waals surface area contributed by atoms with E-state index in [0.29, 0.717) is 22.9 Å². The highest BCUT2D eigenvalue weighted by molar-refractivity contribution is 6.12. The first-order chi connectivity index (χ1) is 25.6. The SMILES string of the molecule is Fc1ccc(-c2cc(-n3c4ccccc4c4ccc(-c5ccc6c(c5)c5ccccc5n6-c5ccccc5)cc43)nc(-c3ccc(F)cc3)n2)cc1. The summed E-state index contributed by atoms with van der Waals surface area (Å²) in [4.78, 5) is 9.96. The van der Waals surface area contributed by atoms with Crippen LogP contribution in [0.1, 0.15) is 0 Å². The quantitative estimate of drug-likeness (QED) is 0.182. The first-order valence-electron chi connectivity index (χ1n) is 17.1. The van der Waals surface area contributed by atoms with Gasteiger partial charge in [-0.25, -0.2) is 18.7 Å². The first-order valence-corrected chi connectivity index (χ1v) is 17.1. The largest absolute Gasteiger partial charge is 0.309 e. The van der Waals surface area contributed by atoms with E-state index in [0.717, 1.165) is 55.2 Å². The molecule has 10 rings (SSSR count). The molecule has 0 radical (unpaired) electrons. The predicted molar refractivity (Wildman–Crippen MR) is 207 cm³/mol. The van der Waals surface area contributed by atoms with Crippen molar-refractivity contribution in [2.24, 2.45) is 0 Å². The van der Waals surface area contributed by atoms with Gasteiger partial charge in [-0.15, -0.1) is 0 Å². The zero-order valence-corrected chi connectivity index (χ0v) is 27.7. The molecule has 0 N–H and O–H groups in total. The van der Waals surface area contributed by atoms with Gasteiger partial charge in [0, 0.05) is 44.4 Å². The van der Waals surface area contributed by atoms with Gasteiger partial charge >= 0.3 is 0 Å². The van der Waals surface area contributed by atoms with E-state index in [2.05, 4.69) is 106 Å². The summed E-state index contributed by atoms with van der Waals surface area (Å²) in [5.74, 6) is 0.434. The summed E-state index contributed by atoms with van der Waals surface area (Å²) in [7, 11) is 0. The van der Waals surface area contributed by atoms with Crippen molar-refractivity contribution in [1.29, 1.82) is 0 Å². The number of halogens is 2. The highest BCUT2D eigenvalue weighted by atomic mass is 19.1. The molecule has 0 fully saturated rings. The molecule has 0 aliphatic heterocycles. The maximum atomic E-state index is 14.0. The first kappa shape index (κ1) is 29.9. The predicted octanol–water partition coefficient (Wildman–Crippen LogP) is 11.9. The Hall–Kier alpha value is -6.92. The van der Waals surface area contributed by atoms with Crippen molar-refractivity contribution in [3.05, 3.63) is 181 Å². The molecule has 0 bridgehead atoms. The van der Waals surface area contributed by atoms with E-state index in [1.54, 1.807) is 24.3 Å². The molecule has 52 heavy (non-hydrogen) atoms. The van der Waals surface area contributed by atoms with Crippen LogP contribution in [0.4, 0.5) is 8.78 Å². The molecule has 4 nitrogen and oxygen atoms in total. The van der Waals surface area contributed by atoms with Gasteiger partial charge in [0.25, 0.3) is 0 Å². The minimum absolute atomic E-state index is 0.325. The van der Waals surface area contributed by atoms with E-state index < -0.39 is 0 Å². The summed E-state index contributed by atoms with van der Waals surface area (Å²) in [6.07, 6.45) is 0. The van der Waals surface area contributed by atoms with Crippen molar-refractivity contribution >= 4 is 43.6 Å². The second-order valence-corrected chi connectivity index (χ2v) is 13.0. The molecule has 10 aromatic rings. The van der Waals surface area contributed by atoms with Crippen LogP contribution in [0.15, 0.2) is 170 Å². The van der Waals surface area contributed by atoms with E-state index >= 15 is 0 Å². The third-order valence-electron chi connectivity index (χ3n) is 9.88. The van der Waals surface area contributed by atoms with Gasteiger partial charge in [0.15, 0.2) is 5.82 Å². The molecule has 0 aliphatic rings. The minimum Gasteiger partial charge on any atom is -0.309 e. The Balaban J connectivity index is 1.20. The van der Waals surface area contributed by atoms with Gasteiger partial charge in [0.2, 0.25) is 0 Å². The smallest absolute Gasteiger partial charge is 0.162 e. The lowest BCUT2D eigenvalue weighted by Gasteiger charge is -2.13. The Labute approximate surface area is 297 Å². The van der Waals surface area contributed by atoms with Crippen LogP contribution in [-0.4, -0.2) is 19.1 Å². The second kappa shape index (κ2) is 11.9. The second-order valence-electron chi connectivity index (χ2n) is 13.0. The van der Waals surface area contributed by atoms with Gasteiger partial charge in [0.1, 0.15) is 17.5 Å². The average Bonchev–Trinajstić information content (AvgIpc) is 3.71. The minimum atomic E-state index is -0.337. The summed E-state index contributed by atoms with van der Waals surface area (Å²) >= 11 is 0. The molecule has 3 heterocycles. The summed E-state index contributed by atoms with van der Waals surface area (Å²) in [6, 6.07) is 55.0. The molecule has 0 amide bonds. The van der Waals surface area contributed by atoms with Gasteiger partial charge in [-0.2, -0.15) is 0 Å². The lowest BCUT2D eigenvalue weighted by atomic mass is 10.0. The molecule has 7 aromatic carbocycles. The van der Waals surface area contributed by atoms with Crippen LogP contribution in [-0.2, 0) is 0 Å². The molecule has 0 atom stereocenters. The Morgan fingerprint density at radius 2 is 0.904 bits per heavy atom. The Morgan fingerprint density at radius 1 is 0.365 bits per heavy atom. The zero-order valence-electron chi connectivity index (χ0n) is 27.7. The number of hydrogen-bond acceptors (Lipinski definition) is 2. The lowest BCUT2D eigenvalue weighted by Crippen LogP contribution is -2.02. The van der Waals surface area contributed by atoms with E-state index in [-0.39, 0.29) is 11.6 Å². The number of benzene rings is 7. The summed E-state index contributed by atoms with van der Waals surface area (Å²) in [5.41, 5.74) is 9.63. The molecule has 3 aromatic heterocycles. The summed E-state index contributed by atoms with van der Waals surface area (Å²) in [6.45, 7) is 0. The highest BCUT2D eigenvalue weighted by Gasteiger charge is 2.18. The van der Waals surface area contributed by atoms with Crippen molar-refractivity contribution in [2.75, 3.05) is 0 Å². The maximum absolute atomic E-state index is 14.0.